The number of hydrogen-bond acceptors (Lipinski definition) is 5. The number of aromatic hydroxyl groups is 1. The summed E-state index contributed by atoms with van der Waals surface area (Å²) in [5, 5.41) is 13.9. The number of ketones is 1. The molecule has 1 fully saturated rings. The first-order valence-electron chi connectivity index (χ1n) is 9.22. The van der Waals surface area contributed by atoms with Gasteiger partial charge in [0.25, 0.3) is 0 Å². The zero-order chi connectivity index (χ0) is 18.0. The molecule has 0 bridgehead atoms. The lowest BCUT2D eigenvalue weighted by atomic mass is 9.46. The van der Waals surface area contributed by atoms with Crippen molar-refractivity contribution in [2.24, 2.45) is 0 Å². The summed E-state index contributed by atoms with van der Waals surface area (Å²) in [4.78, 5) is 13.1. The van der Waals surface area contributed by atoms with Crippen LogP contribution in [-0.4, -0.2) is 42.3 Å². The highest BCUT2D eigenvalue weighted by Crippen LogP contribution is 2.67. The van der Waals surface area contributed by atoms with Crippen molar-refractivity contribution in [3.63, 3.8) is 0 Å². The number of carbonyl (C=O) groups excluding carboxylic acids is 1. The summed E-state index contributed by atoms with van der Waals surface area (Å²) in [6.45, 7) is 4.03. The Morgan fingerprint density at radius 3 is 2.84 bits per heavy atom. The van der Waals surface area contributed by atoms with Gasteiger partial charge < -0.3 is 19.9 Å². The van der Waals surface area contributed by atoms with Crippen LogP contribution in [0, 0.1) is 0 Å². The highest BCUT2D eigenvalue weighted by Gasteiger charge is 2.76. The third-order valence-electron chi connectivity index (χ3n) is 7.07. The molecule has 136 valence electrons. The minimum absolute atomic E-state index is 0.0862. The van der Waals surface area contributed by atoms with Crippen LogP contribution in [0.15, 0.2) is 12.1 Å². The fourth-order valence-corrected chi connectivity index (χ4v) is 6.11. The van der Waals surface area contributed by atoms with E-state index in [-0.39, 0.29) is 17.6 Å². The predicted octanol–water partition coefficient (Wildman–Crippen LogP) is 2.47. The Hall–Kier alpha value is -1.59. The van der Waals surface area contributed by atoms with E-state index < -0.39 is 16.6 Å². The lowest BCUT2D eigenvalue weighted by Crippen LogP contribution is -2.77. The maximum atomic E-state index is 13.1. The van der Waals surface area contributed by atoms with Crippen LogP contribution in [0.5, 0.6) is 11.5 Å². The Kier molecular flexibility index (Phi) is 3.51. The van der Waals surface area contributed by atoms with Gasteiger partial charge in [-0.05, 0) is 44.9 Å². The maximum absolute atomic E-state index is 13.1. The van der Waals surface area contributed by atoms with Crippen LogP contribution in [0.25, 0.3) is 0 Å². The van der Waals surface area contributed by atoms with Crippen LogP contribution in [0.3, 0.4) is 0 Å². The predicted molar refractivity (Wildman–Crippen MR) is 94.3 cm³/mol. The van der Waals surface area contributed by atoms with Crippen LogP contribution in [-0.2, 0) is 21.4 Å². The molecule has 0 saturated heterocycles. The highest BCUT2D eigenvalue weighted by atomic mass is 16.5. The number of benzene rings is 1. The molecule has 1 saturated carbocycles. The molecule has 5 nitrogen and oxygen atoms in total. The van der Waals surface area contributed by atoms with Crippen molar-refractivity contribution in [1.82, 2.24) is 5.32 Å². The second-order valence-corrected chi connectivity index (χ2v) is 7.80. The third kappa shape index (κ3) is 1.64. The van der Waals surface area contributed by atoms with Gasteiger partial charge >= 0.3 is 0 Å². The van der Waals surface area contributed by atoms with Crippen molar-refractivity contribution in [2.75, 3.05) is 14.2 Å². The van der Waals surface area contributed by atoms with Crippen molar-refractivity contribution in [1.29, 1.82) is 0 Å². The summed E-state index contributed by atoms with van der Waals surface area (Å²) in [6, 6.07) is 3.75. The van der Waals surface area contributed by atoms with E-state index in [2.05, 4.69) is 12.2 Å². The first kappa shape index (κ1) is 16.9. The van der Waals surface area contributed by atoms with E-state index >= 15 is 0 Å². The molecule has 0 spiro atoms. The largest absolute Gasteiger partial charge is 0.504 e. The molecular weight excluding hydrogens is 318 g/mol. The van der Waals surface area contributed by atoms with Crippen molar-refractivity contribution in [3.8, 4) is 11.5 Å². The van der Waals surface area contributed by atoms with Gasteiger partial charge in [-0.2, -0.15) is 0 Å². The normalized spacial score (nSPS) is 38.4. The van der Waals surface area contributed by atoms with Gasteiger partial charge in [0.15, 0.2) is 22.9 Å². The number of ether oxygens (including phenoxy) is 2. The Labute approximate surface area is 148 Å². The second-order valence-electron chi connectivity index (χ2n) is 7.80. The quantitative estimate of drug-likeness (QED) is 0.877. The van der Waals surface area contributed by atoms with Gasteiger partial charge in [-0.3, -0.25) is 4.79 Å². The van der Waals surface area contributed by atoms with Gasteiger partial charge in [-0.1, -0.05) is 19.4 Å². The number of nitrogens with one attached hydrogen (secondary N) is 1. The number of rotatable bonds is 4. The molecule has 1 aromatic rings. The monoisotopic (exact) mass is 345 g/mol. The standard InChI is InChI=1S/C20H27NO4/c1-5-9-19-16-12-6-7-13(22)17(16)25-18(19,2)15(23)8-10-20(19,24-4)14(11-12)21-3/h6-7,14,21-22H,5,8-11H2,1-4H3/t14?,18-,19-,20?/m0/s1. The molecule has 0 aromatic heterocycles. The maximum Gasteiger partial charge on any atom is 0.177 e. The fourth-order valence-electron chi connectivity index (χ4n) is 6.11. The van der Waals surface area contributed by atoms with E-state index in [1.165, 1.54) is 0 Å². The molecule has 1 heterocycles. The van der Waals surface area contributed by atoms with E-state index in [0.717, 1.165) is 30.4 Å². The average Bonchev–Trinajstić information content (AvgIpc) is 2.89. The number of methoxy groups -OCH3 is 1. The molecule has 5 heteroatoms. The summed E-state index contributed by atoms with van der Waals surface area (Å²) in [7, 11) is 3.71. The van der Waals surface area contributed by atoms with Gasteiger partial charge in [0, 0.05) is 25.1 Å². The van der Waals surface area contributed by atoms with E-state index in [9.17, 15) is 9.90 Å². The number of Topliss-reactive ketones (excluding diaryl/α,β-unsaturated/α-hetero) is 1. The summed E-state index contributed by atoms with van der Waals surface area (Å²) in [5.74, 6) is 0.706. The number of likely N-dealkylation sites (N-methyl/N-ethyl adjacent to an activating group) is 1. The average molecular weight is 345 g/mol. The van der Waals surface area contributed by atoms with Gasteiger partial charge in [-0.25, -0.2) is 0 Å². The smallest absolute Gasteiger partial charge is 0.177 e. The topological polar surface area (TPSA) is 67.8 Å². The molecule has 3 aliphatic rings. The molecule has 4 atom stereocenters. The van der Waals surface area contributed by atoms with Gasteiger partial charge in [0.2, 0.25) is 0 Å². The third-order valence-corrected chi connectivity index (χ3v) is 7.07. The Balaban J connectivity index is 2.13. The minimum Gasteiger partial charge on any atom is -0.504 e. The second kappa shape index (κ2) is 5.21. The van der Waals surface area contributed by atoms with Crippen molar-refractivity contribution < 1.29 is 19.4 Å². The lowest BCUT2D eigenvalue weighted by molar-refractivity contribution is -0.190. The number of phenolic OH excluding ortho intramolecular Hbond substituents is 1. The molecule has 4 rings (SSSR count). The van der Waals surface area contributed by atoms with E-state index in [1.807, 2.05) is 20.0 Å². The Morgan fingerprint density at radius 1 is 1.44 bits per heavy atom. The Bertz CT molecular complexity index is 747. The molecular formula is C20H27NO4. The zero-order valence-electron chi connectivity index (χ0n) is 15.4. The molecule has 0 radical (unpaired) electrons. The molecule has 2 aliphatic carbocycles. The van der Waals surface area contributed by atoms with Crippen LogP contribution < -0.4 is 10.1 Å². The van der Waals surface area contributed by atoms with Crippen LogP contribution in [0.4, 0.5) is 0 Å². The van der Waals surface area contributed by atoms with Crippen molar-refractivity contribution in [2.45, 2.75) is 68.6 Å². The molecule has 1 aromatic carbocycles. The van der Waals surface area contributed by atoms with Crippen LogP contribution in [0.1, 0.15) is 50.7 Å². The zero-order valence-corrected chi connectivity index (χ0v) is 15.4. The van der Waals surface area contributed by atoms with E-state index in [4.69, 9.17) is 9.47 Å². The molecule has 0 amide bonds. The number of hydrogen-bond donors (Lipinski definition) is 2. The van der Waals surface area contributed by atoms with Gasteiger partial charge in [0.05, 0.1) is 11.0 Å². The van der Waals surface area contributed by atoms with Gasteiger partial charge in [-0.15, -0.1) is 0 Å². The lowest BCUT2D eigenvalue weighted by Gasteiger charge is -2.61. The van der Waals surface area contributed by atoms with Crippen molar-refractivity contribution >= 4 is 5.78 Å². The summed E-state index contributed by atoms with van der Waals surface area (Å²) < 4.78 is 12.6. The van der Waals surface area contributed by atoms with Crippen molar-refractivity contribution in [3.05, 3.63) is 23.3 Å². The first-order chi connectivity index (χ1) is 11.9. The highest BCUT2D eigenvalue weighted by molar-refractivity contribution is 5.93. The molecule has 2 unspecified atom stereocenters. The van der Waals surface area contributed by atoms with E-state index in [0.29, 0.717) is 18.6 Å². The van der Waals surface area contributed by atoms with Crippen LogP contribution in [0.2, 0.25) is 0 Å². The summed E-state index contributed by atoms with van der Waals surface area (Å²) in [5.41, 5.74) is 0.00789. The number of phenols is 1. The summed E-state index contributed by atoms with van der Waals surface area (Å²) in [6.07, 6.45) is 3.58. The first-order valence-corrected chi connectivity index (χ1v) is 9.22. The minimum atomic E-state index is -1.01. The Morgan fingerprint density at radius 2 is 2.20 bits per heavy atom. The van der Waals surface area contributed by atoms with E-state index in [1.54, 1.807) is 13.2 Å². The fraction of sp³-hybridized carbons (Fsp3) is 0.650. The van der Waals surface area contributed by atoms with Crippen LogP contribution >= 0.6 is 0 Å². The van der Waals surface area contributed by atoms with Gasteiger partial charge in [0.1, 0.15) is 0 Å². The molecule has 25 heavy (non-hydrogen) atoms. The number of carbonyl (C=O) groups is 1. The molecule has 2 N–H and O–H groups in total. The molecule has 1 aliphatic heterocycles. The summed E-state index contributed by atoms with van der Waals surface area (Å²) >= 11 is 0. The SMILES string of the molecule is CCC[C@]12c3c4ccc(O)c3O[C@@]1(C)C(=O)CCC2(OC)C(NC)C4.